The molecule has 21 heavy (non-hydrogen) atoms. The van der Waals surface area contributed by atoms with Crippen LogP contribution in [0, 0.1) is 13.8 Å². The first-order valence-corrected chi connectivity index (χ1v) is 8.31. The maximum atomic E-state index is 4.55. The summed E-state index contributed by atoms with van der Waals surface area (Å²) in [4.78, 5) is 4.55. The molecule has 0 bridgehead atoms. The van der Waals surface area contributed by atoms with E-state index in [1.807, 2.05) is 6.20 Å². The van der Waals surface area contributed by atoms with Gasteiger partial charge in [-0.15, -0.1) is 0 Å². The summed E-state index contributed by atoms with van der Waals surface area (Å²) in [6.45, 7) is 7.45. The topological polar surface area (TPSA) is 24.9 Å². The molecule has 0 fully saturated rings. The minimum absolute atomic E-state index is 0.303. The first-order valence-electron chi connectivity index (χ1n) is 7.51. The Bertz CT molecular complexity index is 578. The summed E-state index contributed by atoms with van der Waals surface area (Å²) in [5.41, 5.74) is 4.99. The molecule has 2 aromatic rings. The number of nitrogens with one attached hydrogen (secondary N) is 1. The van der Waals surface area contributed by atoms with Gasteiger partial charge in [-0.25, -0.2) is 0 Å². The minimum atomic E-state index is 0.303. The SMILES string of the molecule is CCCNC(Cc1ccc(C)cn1)c1cccc(Br)c1C. The molecule has 0 aliphatic carbocycles. The molecule has 0 saturated heterocycles. The van der Waals surface area contributed by atoms with Crippen LogP contribution in [0.2, 0.25) is 0 Å². The normalized spacial score (nSPS) is 12.4. The first-order chi connectivity index (χ1) is 10.1. The lowest BCUT2D eigenvalue weighted by Crippen LogP contribution is -2.25. The largest absolute Gasteiger partial charge is 0.310 e. The molecule has 0 saturated carbocycles. The Morgan fingerprint density at radius 2 is 2.00 bits per heavy atom. The number of aromatic nitrogens is 1. The van der Waals surface area contributed by atoms with Crippen molar-refractivity contribution in [3.05, 3.63) is 63.4 Å². The van der Waals surface area contributed by atoms with Crippen LogP contribution >= 0.6 is 15.9 Å². The van der Waals surface area contributed by atoms with E-state index in [0.717, 1.165) is 25.1 Å². The van der Waals surface area contributed by atoms with Gasteiger partial charge in [0.15, 0.2) is 0 Å². The zero-order valence-corrected chi connectivity index (χ0v) is 14.6. The molecule has 2 rings (SSSR count). The van der Waals surface area contributed by atoms with Crippen LogP contribution in [0.25, 0.3) is 0 Å². The second kappa shape index (κ2) is 7.71. The van der Waals surface area contributed by atoms with Crippen molar-refractivity contribution in [2.45, 2.75) is 39.7 Å². The zero-order valence-electron chi connectivity index (χ0n) is 13.0. The van der Waals surface area contributed by atoms with Gasteiger partial charge in [0.25, 0.3) is 0 Å². The van der Waals surface area contributed by atoms with E-state index in [0.29, 0.717) is 6.04 Å². The van der Waals surface area contributed by atoms with Crippen molar-refractivity contribution in [1.29, 1.82) is 0 Å². The molecule has 1 aromatic carbocycles. The molecule has 1 unspecified atom stereocenters. The molecule has 2 nitrogen and oxygen atoms in total. The van der Waals surface area contributed by atoms with Crippen LogP contribution in [-0.4, -0.2) is 11.5 Å². The molecule has 0 aliphatic rings. The fourth-order valence-corrected chi connectivity index (χ4v) is 2.82. The highest BCUT2D eigenvalue weighted by Gasteiger charge is 2.15. The molecule has 0 amide bonds. The van der Waals surface area contributed by atoms with Crippen molar-refractivity contribution in [2.24, 2.45) is 0 Å². The summed E-state index contributed by atoms with van der Waals surface area (Å²) in [5, 5.41) is 3.66. The second-order valence-electron chi connectivity index (χ2n) is 5.49. The van der Waals surface area contributed by atoms with Gasteiger partial charge >= 0.3 is 0 Å². The van der Waals surface area contributed by atoms with Crippen molar-refractivity contribution in [3.8, 4) is 0 Å². The summed E-state index contributed by atoms with van der Waals surface area (Å²) in [5.74, 6) is 0. The Labute approximate surface area is 136 Å². The van der Waals surface area contributed by atoms with Gasteiger partial charge in [-0.3, -0.25) is 4.98 Å². The van der Waals surface area contributed by atoms with Gasteiger partial charge in [0.05, 0.1) is 0 Å². The van der Waals surface area contributed by atoms with E-state index in [-0.39, 0.29) is 0 Å². The molecule has 0 radical (unpaired) electrons. The molecule has 1 aromatic heterocycles. The summed E-state index contributed by atoms with van der Waals surface area (Å²) < 4.78 is 1.17. The van der Waals surface area contributed by atoms with Gasteiger partial charge in [0.2, 0.25) is 0 Å². The van der Waals surface area contributed by atoms with Gasteiger partial charge in [0.1, 0.15) is 0 Å². The number of pyridine rings is 1. The lowest BCUT2D eigenvalue weighted by molar-refractivity contribution is 0.522. The third-order valence-electron chi connectivity index (χ3n) is 3.71. The highest BCUT2D eigenvalue weighted by Crippen LogP contribution is 2.26. The van der Waals surface area contributed by atoms with Crippen LogP contribution in [0.1, 0.15) is 41.8 Å². The standard InChI is InChI=1S/C18H23BrN2/c1-4-10-20-18(11-15-9-8-13(2)12-21-15)16-6-5-7-17(19)14(16)3/h5-9,12,18,20H,4,10-11H2,1-3H3. The number of aryl methyl sites for hydroxylation is 1. The summed E-state index contributed by atoms with van der Waals surface area (Å²) in [6.07, 6.45) is 3.99. The van der Waals surface area contributed by atoms with Crippen LogP contribution in [-0.2, 0) is 6.42 Å². The van der Waals surface area contributed by atoms with Gasteiger partial charge in [-0.05, 0) is 55.6 Å². The third-order valence-corrected chi connectivity index (χ3v) is 4.57. The van der Waals surface area contributed by atoms with Gasteiger partial charge < -0.3 is 5.32 Å². The van der Waals surface area contributed by atoms with E-state index in [2.05, 4.69) is 77.3 Å². The van der Waals surface area contributed by atoms with E-state index in [9.17, 15) is 0 Å². The predicted molar refractivity (Wildman–Crippen MR) is 92.6 cm³/mol. The number of nitrogens with zero attached hydrogens (tertiary/aromatic N) is 1. The van der Waals surface area contributed by atoms with Crippen LogP contribution in [0.4, 0.5) is 0 Å². The molecular formula is C18H23BrN2. The molecule has 1 N–H and O–H groups in total. The van der Waals surface area contributed by atoms with Crippen molar-refractivity contribution < 1.29 is 0 Å². The van der Waals surface area contributed by atoms with Gasteiger partial charge in [-0.1, -0.05) is 41.1 Å². The molecular weight excluding hydrogens is 324 g/mol. The Morgan fingerprint density at radius 1 is 1.19 bits per heavy atom. The summed E-state index contributed by atoms with van der Waals surface area (Å²) in [6, 6.07) is 11.0. The molecule has 3 heteroatoms. The monoisotopic (exact) mass is 346 g/mol. The van der Waals surface area contributed by atoms with Crippen LogP contribution in [0.15, 0.2) is 41.0 Å². The van der Waals surface area contributed by atoms with Crippen molar-refractivity contribution in [2.75, 3.05) is 6.54 Å². The van der Waals surface area contributed by atoms with Crippen LogP contribution in [0.5, 0.6) is 0 Å². The predicted octanol–water partition coefficient (Wildman–Crippen LogP) is 4.74. The maximum Gasteiger partial charge on any atom is 0.0422 e. The zero-order chi connectivity index (χ0) is 15.2. The Hall–Kier alpha value is -1.19. The molecule has 0 spiro atoms. The summed E-state index contributed by atoms with van der Waals surface area (Å²) >= 11 is 3.63. The first kappa shape index (κ1) is 16.2. The van der Waals surface area contributed by atoms with Gasteiger partial charge in [-0.2, -0.15) is 0 Å². The van der Waals surface area contributed by atoms with Crippen molar-refractivity contribution in [1.82, 2.24) is 10.3 Å². The Morgan fingerprint density at radius 3 is 2.67 bits per heavy atom. The van der Waals surface area contributed by atoms with E-state index in [4.69, 9.17) is 0 Å². The molecule has 1 atom stereocenters. The third kappa shape index (κ3) is 4.39. The summed E-state index contributed by atoms with van der Waals surface area (Å²) in [7, 11) is 0. The quantitative estimate of drug-likeness (QED) is 0.816. The lowest BCUT2D eigenvalue weighted by Gasteiger charge is -2.21. The number of rotatable bonds is 6. The fraction of sp³-hybridized carbons (Fsp3) is 0.389. The number of halogens is 1. The average Bonchev–Trinajstić information content (AvgIpc) is 2.48. The van der Waals surface area contributed by atoms with Gasteiger partial charge in [0, 0.05) is 28.8 Å². The second-order valence-corrected chi connectivity index (χ2v) is 6.35. The highest BCUT2D eigenvalue weighted by atomic mass is 79.9. The highest BCUT2D eigenvalue weighted by molar-refractivity contribution is 9.10. The molecule has 112 valence electrons. The molecule has 0 aliphatic heterocycles. The number of hydrogen-bond donors (Lipinski definition) is 1. The van der Waals surface area contributed by atoms with Crippen molar-refractivity contribution in [3.63, 3.8) is 0 Å². The average molecular weight is 347 g/mol. The van der Waals surface area contributed by atoms with E-state index in [1.54, 1.807) is 0 Å². The number of benzene rings is 1. The Balaban J connectivity index is 2.25. The Kier molecular flexibility index (Phi) is 5.95. The lowest BCUT2D eigenvalue weighted by atomic mass is 9.97. The van der Waals surface area contributed by atoms with Crippen molar-refractivity contribution >= 4 is 15.9 Å². The van der Waals surface area contributed by atoms with Crippen LogP contribution in [0.3, 0.4) is 0 Å². The van der Waals surface area contributed by atoms with E-state index < -0.39 is 0 Å². The smallest absolute Gasteiger partial charge is 0.0422 e. The van der Waals surface area contributed by atoms with E-state index >= 15 is 0 Å². The number of hydrogen-bond acceptors (Lipinski definition) is 2. The maximum absolute atomic E-state index is 4.55. The molecule has 1 heterocycles. The van der Waals surface area contributed by atoms with E-state index in [1.165, 1.54) is 21.2 Å². The van der Waals surface area contributed by atoms with Crippen LogP contribution < -0.4 is 5.32 Å². The minimum Gasteiger partial charge on any atom is -0.310 e. The fourth-order valence-electron chi connectivity index (χ4n) is 2.44.